The third-order valence-electron chi connectivity index (χ3n) is 2.32. The molecule has 1 amide bonds. The molecule has 2 N–H and O–H groups in total. The lowest BCUT2D eigenvalue weighted by Gasteiger charge is -2.21. The molecule has 0 aromatic heterocycles. The second-order valence-corrected chi connectivity index (χ2v) is 3.37. The molecular weight excluding hydrogens is 199 g/mol. The molecule has 0 fully saturated rings. The van der Waals surface area contributed by atoms with Crippen molar-refractivity contribution in [2.75, 3.05) is 0 Å². The molecule has 1 aliphatic rings. The number of hydrogen-bond donors (Lipinski definition) is 1. The van der Waals surface area contributed by atoms with Crippen LogP contribution in [0.15, 0.2) is 29.3 Å². The fourth-order valence-corrected chi connectivity index (χ4v) is 1.50. The van der Waals surface area contributed by atoms with Crippen LogP contribution in [0.1, 0.15) is 12.5 Å². The van der Waals surface area contributed by atoms with Crippen molar-refractivity contribution in [3.63, 3.8) is 0 Å². The molecule has 1 aromatic rings. The van der Waals surface area contributed by atoms with Gasteiger partial charge >= 0.3 is 0 Å². The number of hydrogen-bond acceptors (Lipinski definition) is 3. The average molecular weight is 208 g/mol. The van der Waals surface area contributed by atoms with E-state index in [1.807, 2.05) is 0 Å². The largest absolute Gasteiger partial charge is 0.443 e. The normalized spacial score (nSPS) is 24.9. The smallest absolute Gasteiger partial charge is 0.299 e. The third kappa shape index (κ3) is 1.36. The summed E-state index contributed by atoms with van der Waals surface area (Å²) >= 11 is 0. The van der Waals surface area contributed by atoms with Crippen LogP contribution >= 0.6 is 0 Å². The molecule has 0 radical (unpaired) electrons. The summed E-state index contributed by atoms with van der Waals surface area (Å²) in [5.74, 6) is -1.11. The summed E-state index contributed by atoms with van der Waals surface area (Å²) in [6.45, 7) is 1.44. The van der Waals surface area contributed by atoms with Crippen molar-refractivity contribution in [1.82, 2.24) is 0 Å². The van der Waals surface area contributed by atoms with Crippen molar-refractivity contribution in [2.45, 2.75) is 12.5 Å². The number of rotatable bonds is 1. The van der Waals surface area contributed by atoms with E-state index in [1.165, 1.54) is 25.1 Å². The first-order chi connectivity index (χ1) is 7.04. The molecule has 4 nitrogen and oxygen atoms in total. The Balaban J connectivity index is 2.49. The number of carbonyl (C=O) groups is 1. The van der Waals surface area contributed by atoms with Crippen molar-refractivity contribution in [3.8, 4) is 0 Å². The minimum absolute atomic E-state index is 0.138. The Morgan fingerprint density at radius 3 is 2.67 bits per heavy atom. The van der Waals surface area contributed by atoms with Crippen LogP contribution in [-0.4, -0.2) is 11.9 Å². The van der Waals surface area contributed by atoms with Crippen LogP contribution in [0.3, 0.4) is 0 Å². The van der Waals surface area contributed by atoms with Crippen molar-refractivity contribution in [2.24, 2.45) is 10.7 Å². The fourth-order valence-electron chi connectivity index (χ4n) is 1.50. The number of benzene rings is 1. The molecule has 0 saturated carbocycles. The van der Waals surface area contributed by atoms with Gasteiger partial charge in [-0.3, -0.25) is 4.79 Å². The standard InChI is InChI=1S/C10H9FN2O2/c1-10(8(14)13-9(12)15-10)6-4-2-3-5-7(6)11/h2-5H,1H3,(H2,12,13,14). The molecule has 15 heavy (non-hydrogen) atoms. The lowest BCUT2D eigenvalue weighted by Crippen LogP contribution is -2.32. The van der Waals surface area contributed by atoms with Gasteiger partial charge in [0.05, 0.1) is 0 Å². The minimum Gasteiger partial charge on any atom is -0.443 e. The van der Waals surface area contributed by atoms with E-state index in [0.717, 1.165) is 0 Å². The van der Waals surface area contributed by atoms with Gasteiger partial charge < -0.3 is 10.5 Å². The van der Waals surface area contributed by atoms with E-state index in [2.05, 4.69) is 4.99 Å². The first-order valence-corrected chi connectivity index (χ1v) is 4.36. The number of nitrogens with two attached hydrogens (primary N) is 1. The summed E-state index contributed by atoms with van der Waals surface area (Å²) in [6.07, 6.45) is 0. The Morgan fingerprint density at radius 1 is 1.47 bits per heavy atom. The second-order valence-electron chi connectivity index (χ2n) is 3.37. The van der Waals surface area contributed by atoms with E-state index >= 15 is 0 Å². The molecule has 0 saturated heterocycles. The highest BCUT2D eigenvalue weighted by atomic mass is 19.1. The lowest BCUT2D eigenvalue weighted by molar-refractivity contribution is -0.130. The number of carbonyl (C=O) groups excluding carboxylic acids is 1. The van der Waals surface area contributed by atoms with Crippen LogP contribution in [0, 0.1) is 5.82 Å². The molecule has 0 bridgehead atoms. The zero-order valence-corrected chi connectivity index (χ0v) is 8.03. The van der Waals surface area contributed by atoms with E-state index in [4.69, 9.17) is 10.5 Å². The summed E-state index contributed by atoms with van der Waals surface area (Å²) in [7, 11) is 0. The molecular formula is C10H9FN2O2. The molecule has 0 aliphatic carbocycles. The zero-order valence-electron chi connectivity index (χ0n) is 8.03. The highest BCUT2D eigenvalue weighted by Crippen LogP contribution is 2.32. The monoisotopic (exact) mass is 208 g/mol. The Bertz CT molecular complexity index is 458. The van der Waals surface area contributed by atoms with Crippen molar-refractivity contribution in [1.29, 1.82) is 0 Å². The van der Waals surface area contributed by atoms with Gasteiger partial charge in [-0.2, -0.15) is 4.99 Å². The molecule has 1 unspecified atom stereocenters. The highest BCUT2D eigenvalue weighted by molar-refractivity contribution is 6.01. The number of aliphatic imine (C=N–C) groups is 1. The molecule has 2 rings (SSSR count). The van der Waals surface area contributed by atoms with Crippen LogP contribution in [0.2, 0.25) is 0 Å². The topological polar surface area (TPSA) is 64.7 Å². The highest BCUT2D eigenvalue weighted by Gasteiger charge is 2.44. The van der Waals surface area contributed by atoms with Gasteiger partial charge in [-0.1, -0.05) is 18.2 Å². The quantitative estimate of drug-likeness (QED) is 0.746. The van der Waals surface area contributed by atoms with E-state index in [0.29, 0.717) is 0 Å². The van der Waals surface area contributed by atoms with Crippen molar-refractivity contribution >= 4 is 11.9 Å². The first-order valence-electron chi connectivity index (χ1n) is 4.36. The summed E-state index contributed by atoms with van der Waals surface area (Å²) in [6, 6.07) is 5.65. The maximum absolute atomic E-state index is 13.5. The van der Waals surface area contributed by atoms with Crippen LogP contribution < -0.4 is 5.73 Å². The molecule has 1 heterocycles. The van der Waals surface area contributed by atoms with Crippen LogP contribution in [0.5, 0.6) is 0 Å². The number of amidine groups is 1. The number of amides is 1. The Hall–Kier alpha value is -1.91. The third-order valence-corrected chi connectivity index (χ3v) is 2.32. The summed E-state index contributed by atoms with van der Waals surface area (Å²) in [5.41, 5.74) is 3.98. The average Bonchev–Trinajstić information content (AvgIpc) is 2.42. The number of halogens is 1. The minimum atomic E-state index is -1.44. The lowest BCUT2D eigenvalue weighted by atomic mass is 9.95. The Labute approximate surface area is 85.6 Å². The number of nitrogens with zero attached hydrogens (tertiary/aromatic N) is 1. The van der Waals surface area contributed by atoms with E-state index in [-0.39, 0.29) is 11.6 Å². The molecule has 78 valence electrons. The van der Waals surface area contributed by atoms with Crippen LogP contribution in [-0.2, 0) is 15.1 Å². The summed E-state index contributed by atoms with van der Waals surface area (Å²) in [4.78, 5) is 14.9. The fraction of sp³-hybridized carbons (Fsp3) is 0.200. The zero-order chi connectivity index (χ0) is 11.1. The first kappa shape index (κ1) is 9.64. The molecule has 5 heteroatoms. The van der Waals surface area contributed by atoms with E-state index in [9.17, 15) is 9.18 Å². The van der Waals surface area contributed by atoms with Gasteiger partial charge in [0.15, 0.2) is 0 Å². The van der Waals surface area contributed by atoms with E-state index < -0.39 is 17.3 Å². The van der Waals surface area contributed by atoms with Crippen molar-refractivity contribution < 1.29 is 13.9 Å². The second kappa shape index (κ2) is 3.05. The van der Waals surface area contributed by atoms with Crippen molar-refractivity contribution in [3.05, 3.63) is 35.6 Å². The maximum atomic E-state index is 13.5. The predicted molar refractivity (Wildman–Crippen MR) is 51.5 cm³/mol. The van der Waals surface area contributed by atoms with Gasteiger partial charge in [0.1, 0.15) is 5.82 Å². The molecule has 0 spiro atoms. The van der Waals surface area contributed by atoms with Crippen LogP contribution in [0.4, 0.5) is 4.39 Å². The van der Waals surface area contributed by atoms with Gasteiger partial charge in [-0.05, 0) is 13.0 Å². The predicted octanol–water partition coefficient (Wildman–Crippen LogP) is 0.912. The van der Waals surface area contributed by atoms with Crippen LogP contribution in [0.25, 0.3) is 0 Å². The molecule has 1 aliphatic heterocycles. The summed E-state index contributed by atoms with van der Waals surface area (Å²) < 4.78 is 18.5. The van der Waals surface area contributed by atoms with Gasteiger partial charge in [-0.25, -0.2) is 4.39 Å². The van der Waals surface area contributed by atoms with Gasteiger partial charge in [0.25, 0.3) is 11.9 Å². The van der Waals surface area contributed by atoms with Gasteiger partial charge in [0.2, 0.25) is 5.60 Å². The molecule has 1 atom stereocenters. The number of ether oxygens (including phenoxy) is 1. The summed E-state index contributed by atoms with van der Waals surface area (Å²) in [5, 5.41) is 0. The SMILES string of the molecule is CC1(c2ccccc2F)OC(N)=NC1=O. The molecule has 1 aromatic carbocycles. The van der Waals surface area contributed by atoms with Gasteiger partial charge in [0, 0.05) is 5.56 Å². The van der Waals surface area contributed by atoms with Gasteiger partial charge in [-0.15, -0.1) is 0 Å². The Kier molecular flexibility index (Phi) is 1.96. The Morgan fingerprint density at radius 2 is 2.13 bits per heavy atom. The van der Waals surface area contributed by atoms with E-state index in [1.54, 1.807) is 6.07 Å². The maximum Gasteiger partial charge on any atom is 0.299 e.